The molecular weight excluding hydrogens is 332 g/mol. The highest BCUT2D eigenvalue weighted by molar-refractivity contribution is 9.10. The van der Waals surface area contributed by atoms with Gasteiger partial charge in [-0.3, -0.25) is 0 Å². The topological polar surface area (TPSA) is 49.7 Å². The van der Waals surface area contributed by atoms with Gasteiger partial charge in [-0.05, 0) is 35.7 Å². The van der Waals surface area contributed by atoms with Crippen LogP contribution in [-0.4, -0.2) is 30.5 Å². The average molecular weight is 351 g/mol. The SMILES string of the molecule is COc1cccc(CC(CO)(CO)c2ccccc2Br)c1. The minimum absolute atomic E-state index is 0.136. The molecule has 0 saturated heterocycles. The second-order valence-electron chi connectivity index (χ2n) is 5.10. The molecule has 0 aliphatic carbocycles. The lowest BCUT2D eigenvalue weighted by molar-refractivity contribution is 0.115. The van der Waals surface area contributed by atoms with E-state index in [2.05, 4.69) is 15.9 Å². The van der Waals surface area contributed by atoms with Crippen molar-refractivity contribution in [1.29, 1.82) is 0 Å². The molecule has 4 heteroatoms. The van der Waals surface area contributed by atoms with E-state index in [1.807, 2.05) is 48.5 Å². The summed E-state index contributed by atoms with van der Waals surface area (Å²) in [5.41, 5.74) is 1.18. The summed E-state index contributed by atoms with van der Waals surface area (Å²) in [4.78, 5) is 0. The van der Waals surface area contributed by atoms with Crippen LogP contribution in [0.1, 0.15) is 11.1 Å². The second kappa shape index (κ2) is 7.07. The molecule has 3 nitrogen and oxygen atoms in total. The minimum Gasteiger partial charge on any atom is -0.497 e. The van der Waals surface area contributed by atoms with E-state index in [9.17, 15) is 10.2 Å². The first-order valence-corrected chi connectivity index (χ1v) is 7.54. The van der Waals surface area contributed by atoms with Gasteiger partial charge in [-0.15, -0.1) is 0 Å². The highest BCUT2D eigenvalue weighted by Gasteiger charge is 2.33. The number of benzene rings is 2. The van der Waals surface area contributed by atoms with E-state index < -0.39 is 5.41 Å². The van der Waals surface area contributed by atoms with Gasteiger partial charge in [0, 0.05) is 9.89 Å². The molecule has 0 aliphatic heterocycles. The zero-order valence-corrected chi connectivity index (χ0v) is 13.5. The van der Waals surface area contributed by atoms with Crippen LogP contribution in [0.2, 0.25) is 0 Å². The van der Waals surface area contributed by atoms with Crippen LogP contribution in [0.15, 0.2) is 53.0 Å². The molecule has 0 bridgehead atoms. The van der Waals surface area contributed by atoms with E-state index in [1.54, 1.807) is 7.11 Å². The maximum atomic E-state index is 9.93. The molecule has 0 aromatic heterocycles. The normalized spacial score (nSPS) is 11.4. The summed E-state index contributed by atoms with van der Waals surface area (Å²) in [7, 11) is 1.62. The monoisotopic (exact) mass is 350 g/mol. The fraction of sp³-hybridized carbons (Fsp3) is 0.294. The van der Waals surface area contributed by atoms with Gasteiger partial charge in [-0.1, -0.05) is 46.3 Å². The predicted octanol–water partition coefficient (Wildman–Crippen LogP) is 2.92. The van der Waals surface area contributed by atoms with Crippen LogP contribution >= 0.6 is 15.9 Å². The first kappa shape index (κ1) is 16.0. The van der Waals surface area contributed by atoms with E-state index in [-0.39, 0.29) is 13.2 Å². The van der Waals surface area contributed by atoms with E-state index in [0.29, 0.717) is 6.42 Å². The van der Waals surface area contributed by atoms with Crippen LogP contribution in [0.4, 0.5) is 0 Å². The van der Waals surface area contributed by atoms with Crippen molar-refractivity contribution in [2.24, 2.45) is 0 Å². The molecule has 0 unspecified atom stereocenters. The van der Waals surface area contributed by atoms with Crippen molar-refractivity contribution >= 4 is 15.9 Å². The third-order valence-electron chi connectivity index (χ3n) is 3.73. The number of aliphatic hydroxyl groups is 2. The third-order valence-corrected chi connectivity index (χ3v) is 4.42. The van der Waals surface area contributed by atoms with E-state index in [4.69, 9.17) is 4.74 Å². The molecule has 0 amide bonds. The van der Waals surface area contributed by atoms with Gasteiger partial charge < -0.3 is 14.9 Å². The van der Waals surface area contributed by atoms with Crippen molar-refractivity contribution in [1.82, 2.24) is 0 Å². The number of hydrogen-bond donors (Lipinski definition) is 2. The van der Waals surface area contributed by atoms with Gasteiger partial charge in [0.1, 0.15) is 5.75 Å². The lowest BCUT2D eigenvalue weighted by Crippen LogP contribution is -2.37. The summed E-state index contributed by atoms with van der Waals surface area (Å²) < 4.78 is 6.12. The number of methoxy groups -OCH3 is 1. The molecule has 21 heavy (non-hydrogen) atoms. The average Bonchev–Trinajstić information content (AvgIpc) is 2.53. The van der Waals surface area contributed by atoms with Crippen molar-refractivity contribution in [2.75, 3.05) is 20.3 Å². The molecule has 2 aromatic rings. The summed E-state index contributed by atoms with van der Waals surface area (Å²) in [5.74, 6) is 0.768. The van der Waals surface area contributed by atoms with Gasteiger partial charge >= 0.3 is 0 Å². The highest BCUT2D eigenvalue weighted by atomic mass is 79.9. The zero-order valence-electron chi connectivity index (χ0n) is 11.9. The molecule has 2 aromatic carbocycles. The maximum Gasteiger partial charge on any atom is 0.119 e. The van der Waals surface area contributed by atoms with Gasteiger partial charge in [0.2, 0.25) is 0 Å². The minimum atomic E-state index is -0.730. The largest absolute Gasteiger partial charge is 0.497 e. The van der Waals surface area contributed by atoms with Crippen molar-refractivity contribution in [3.05, 3.63) is 64.1 Å². The predicted molar refractivity (Wildman–Crippen MR) is 86.7 cm³/mol. The molecule has 2 N–H and O–H groups in total. The second-order valence-corrected chi connectivity index (χ2v) is 5.96. The Kier molecular flexibility index (Phi) is 5.39. The molecule has 2 rings (SSSR count). The van der Waals surface area contributed by atoms with Crippen LogP contribution in [0.5, 0.6) is 5.75 Å². The number of aliphatic hydroxyl groups excluding tert-OH is 2. The zero-order chi connectivity index (χ0) is 15.3. The van der Waals surface area contributed by atoms with Crippen molar-refractivity contribution in [2.45, 2.75) is 11.8 Å². The molecule has 0 aliphatic rings. The van der Waals surface area contributed by atoms with E-state index in [1.165, 1.54) is 0 Å². The van der Waals surface area contributed by atoms with Crippen molar-refractivity contribution < 1.29 is 14.9 Å². The molecule has 112 valence electrons. The molecule has 0 radical (unpaired) electrons. The van der Waals surface area contributed by atoms with Gasteiger partial charge in [0.25, 0.3) is 0 Å². The highest BCUT2D eigenvalue weighted by Crippen LogP contribution is 2.33. The van der Waals surface area contributed by atoms with Crippen molar-refractivity contribution in [3.8, 4) is 5.75 Å². The Morgan fingerprint density at radius 2 is 1.76 bits per heavy atom. The number of halogens is 1. The summed E-state index contributed by atoms with van der Waals surface area (Å²) in [6.07, 6.45) is 0.528. The molecule has 0 atom stereocenters. The molecule has 0 heterocycles. The van der Waals surface area contributed by atoms with Gasteiger partial charge in [0.15, 0.2) is 0 Å². The van der Waals surface area contributed by atoms with Crippen LogP contribution in [0, 0.1) is 0 Å². The van der Waals surface area contributed by atoms with E-state index >= 15 is 0 Å². The Bertz CT molecular complexity index is 594. The van der Waals surface area contributed by atoms with Crippen LogP contribution in [-0.2, 0) is 11.8 Å². The van der Waals surface area contributed by atoms with Gasteiger partial charge in [-0.2, -0.15) is 0 Å². The van der Waals surface area contributed by atoms with E-state index in [0.717, 1.165) is 21.3 Å². The summed E-state index contributed by atoms with van der Waals surface area (Å²) in [6, 6.07) is 15.4. The smallest absolute Gasteiger partial charge is 0.119 e. The maximum absolute atomic E-state index is 9.93. The Labute approximate surface area is 133 Å². The quantitative estimate of drug-likeness (QED) is 0.841. The lowest BCUT2D eigenvalue weighted by atomic mass is 9.77. The molecule has 0 fully saturated rings. The first-order valence-electron chi connectivity index (χ1n) is 6.75. The number of hydrogen-bond acceptors (Lipinski definition) is 3. The van der Waals surface area contributed by atoms with Crippen molar-refractivity contribution in [3.63, 3.8) is 0 Å². The summed E-state index contributed by atoms with van der Waals surface area (Å²) in [6.45, 7) is -0.271. The van der Waals surface area contributed by atoms with Crippen LogP contribution < -0.4 is 4.74 Å². The Morgan fingerprint density at radius 3 is 2.38 bits per heavy atom. The Balaban J connectivity index is 2.40. The van der Waals surface area contributed by atoms with Gasteiger partial charge in [0.05, 0.1) is 20.3 Å². The van der Waals surface area contributed by atoms with Gasteiger partial charge in [-0.25, -0.2) is 0 Å². The van der Waals surface area contributed by atoms with Crippen LogP contribution in [0.25, 0.3) is 0 Å². The molecular formula is C17H19BrO3. The fourth-order valence-electron chi connectivity index (χ4n) is 2.49. The standard InChI is InChI=1S/C17H19BrO3/c1-21-14-6-4-5-13(9-14)10-17(11-19,12-20)15-7-2-3-8-16(15)18/h2-9,19-20H,10-12H2,1H3. The number of rotatable bonds is 6. The Hall–Kier alpha value is -1.36. The summed E-state index contributed by atoms with van der Waals surface area (Å²) >= 11 is 3.51. The first-order chi connectivity index (χ1) is 10.1. The summed E-state index contributed by atoms with van der Waals surface area (Å²) in [5, 5.41) is 19.9. The third kappa shape index (κ3) is 3.46. The van der Waals surface area contributed by atoms with Crippen LogP contribution in [0.3, 0.4) is 0 Å². The molecule has 0 saturated carbocycles. The Morgan fingerprint density at radius 1 is 1.05 bits per heavy atom. The lowest BCUT2D eigenvalue weighted by Gasteiger charge is -2.31. The fourth-order valence-corrected chi connectivity index (χ4v) is 3.20. The number of ether oxygens (including phenoxy) is 1. The molecule has 0 spiro atoms.